The van der Waals surface area contributed by atoms with E-state index in [4.69, 9.17) is 25.2 Å². The lowest BCUT2D eigenvalue weighted by molar-refractivity contribution is -0.114. The smallest absolute Gasteiger partial charge is 0.261 e. The summed E-state index contributed by atoms with van der Waals surface area (Å²) in [5, 5.41) is 11.9. The summed E-state index contributed by atoms with van der Waals surface area (Å²) in [6, 6.07) is 5.33. The predicted molar refractivity (Wildman–Crippen MR) is 80.4 cm³/mol. The molecule has 0 aliphatic rings. The summed E-state index contributed by atoms with van der Waals surface area (Å²) in [5.74, 6) is 0.777. The van der Waals surface area contributed by atoms with Gasteiger partial charge in [0, 0.05) is 12.2 Å². The minimum absolute atomic E-state index is 0.104. The van der Waals surface area contributed by atoms with Crippen LogP contribution in [0.3, 0.4) is 0 Å². The van der Waals surface area contributed by atoms with E-state index in [9.17, 15) is 4.79 Å². The highest BCUT2D eigenvalue weighted by atomic mass is 16.5. The van der Waals surface area contributed by atoms with E-state index < -0.39 is 5.91 Å². The average Bonchev–Trinajstić information content (AvgIpc) is 2.51. The van der Waals surface area contributed by atoms with Crippen molar-refractivity contribution in [1.82, 2.24) is 5.32 Å². The topological polar surface area (TPSA) is 107 Å². The van der Waals surface area contributed by atoms with Crippen LogP contribution >= 0.6 is 0 Å². The summed E-state index contributed by atoms with van der Waals surface area (Å²) in [6.07, 6.45) is 0. The first kappa shape index (κ1) is 17.2. The van der Waals surface area contributed by atoms with E-state index >= 15 is 0 Å². The lowest BCUT2D eigenvalue weighted by Crippen LogP contribution is -2.20. The van der Waals surface area contributed by atoms with Crippen molar-refractivity contribution < 1.29 is 19.0 Å². The van der Waals surface area contributed by atoms with Crippen molar-refractivity contribution >= 4 is 5.91 Å². The Morgan fingerprint density at radius 2 is 1.77 bits per heavy atom. The average molecular weight is 305 g/mol. The van der Waals surface area contributed by atoms with Crippen molar-refractivity contribution in [3.05, 3.63) is 29.0 Å². The fourth-order valence-corrected chi connectivity index (χ4v) is 1.88. The zero-order chi connectivity index (χ0) is 16.7. The molecule has 0 aliphatic heterocycles. The van der Waals surface area contributed by atoms with Crippen LogP contribution in [-0.4, -0.2) is 27.2 Å². The molecule has 1 aromatic carbocycles. The molecular formula is C15H19N3O4. The highest BCUT2D eigenvalue weighted by molar-refractivity contribution is 5.96. The second kappa shape index (κ2) is 7.78. The number of allylic oxidation sites excluding steroid dienone is 1. The lowest BCUT2D eigenvalue weighted by atomic mass is 10.1. The maximum Gasteiger partial charge on any atom is 0.261 e. The van der Waals surface area contributed by atoms with Gasteiger partial charge >= 0.3 is 0 Å². The number of nitrogens with two attached hydrogens (primary N) is 1. The van der Waals surface area contributed by atoms with E-state index in [0.29, 0.717) is 29.5 Å². The zero-order valence-corrected chi connectivity index (χ0v) is 13.0. The summed E-state index contributed by atoms with van der Waals surface area (Å²) in [4.78, 5) is 11.1. The normalized spacial score (nSPS) is 11.0. The molecule has 0 bridgehead atoms. The molecule has 1 amide bonds. The number of rotatable bonds is 7. The summed E-state index contributed by atoms with van der Waals surface area (Å²) in [7, 11) is 4.58. The van der Waals surface area contributed by atoms with Crippen molar-refractivity contribution in [3.8, 4) is 23.3 Å². The molecule has 118 valence electrons. The lowest BCUT2D eigenvalue weighted by Gasteiger charge is -2.15. The Labute approximate surface area is 129 Å². The number of hydrogen-bond donors (Lipinski definition) is 2. The monoisotopic (exact) mass is 305 g/mol. The Kier molecular flexibility index (Phi) is 6.08. The molecular weight excluding hydrogens is 286 g/mol. The van der Waals surface area contributed by atoms with Gasteiger partial charge in [-0.2, -0.15) is 5.26 Å². The zero-order valence-electron chi connectivity index (χ0n) is 13.0. The van der Waals surface area contributed by atoms with Crippen LogP contribution in [0, 0.1) is 11.3 Å². The first-order chi connectivity index (χ1) is 10.5. The highest BCUT2D eigenvalue weighted by Gasteiger charge is 2.14. The van der Waals surface area contributed by atoms with Crippen LogP contribution < -0.4 is 25.3 Å². The Morgan fingerprint density at radius 1 is 1.23 bits per heavy atom. The van der Waals surface area contributed by atoms with E-state index in [2.05, 4.69) is 5.32 Å². The van der Waals surface area contributed by atoms with Gasteiger partial charge in [-0.3, -0.25) is 4.79 Å². The SMILES string of the molecule is COc1cc(CNC(C)=C(C#N)C(N)=O)cc(OC)c1OC. The molecule has 0 saturated heterocycles. The minimum atomic E-state index is -0.766. The van der Waals surface area contributed by atoms with Crippen molar-refractivity contribution in [2.45, 2.75) is 13.5 Å². The van der Waals surface area contributed by atoms with E-state index in [0.717, 1.165) is 5.56 Å². The van der Waals surface area contributed by atoms with Crippen molar-refractivity contribution in [2.24, 2.45) is 5.73 Å². The number of nitrogens with zero attached hydrogens (tertiary/aromatic N) is 1. The first-order valence-corrected chi connectivity index (χ1v) is 6.42. The molecule has 0 aliphatic carbocycles. The number of carbonyl (C=O) groups excluding carboxylic acids is 1. The predicted octanol–water partition coefficient (Wildman–Crippen LogP) is 1.08. The molecule has 7 heteroatoms. The third-order valence-electron chi connectivity index (χ3n) is 3.02. The van der Waals surface area contributed by atoms with Crippen LogP contribution in [0.1, 0.15) is 12.5 Å². The Hall–Kier alpha value is -2.88. The van der Waals surface area contributed by atoms with E-state index in [1.54, 1.807) is 25.1 Å². The number of methoxy groups -OCH3 is 3. The highest BCUT2D eigenvalue weighted by Crippen LogP contribution is 2.38. The molecule has 0 spiro atoms. The van der Waals surface area contributed by atoms with Crippen LogP contribution in [0.25, 0.3) is 0 Å². The largest absolute Gasteiger partial charge is 0.493 e. The number of amides is 1. The molecule has 22 heavy (non-hydrogen) atoms. The van der Waals surface area contributed by atoms with Crippen LogP contribution in [0.5, 0.6) is 17.2 Å². The number of ether oxygens (including phenoxy) is 3. The Balaban J connectivity index is 3.05. The molecule has 1 aromatic rings. The number of hydrogen-bond acceptors (Lipinski definition) is 6. The third-order valence-corrected chi connectivity index (χ3v) is 3.02. The molecule has 0 fully saturated rings. The number of primary amides is 1. The van der Waals surface area contributed by atoms with Gasteiger partial charge in [0.05, 0.1) is 21.3 Å². The van der Waals surface area contributed by atoms with E-state index in [1.807, 2.05) is 0 Å². The Bertz CT molecular complexity index is 607. The summed E-state index contributed by atoms with van der Waals surface area (Å²) in [5.41, 5.74) is 6.26. The Morgan fingerprint density at radius 3 is 2.14 bits per heavy atom. The summed E-state index contributed by atoms with van der Waals surface area (Å²) < 4.78 is 15.8. The van der Waals surface area contributed by atoms with E-state index in [1.165, 1.54) is 21.3 Å². The van der Waals surface area contributed by atoms with Crippen LogP contribution in [-0.2, 0) is 11.3 Å². The fraction of sp³-hybridized carbons (Fsp3) is 0.333. The maximum atomic E-state index is 11.1. The van der Waals surface area contributed by atoms with Gasteiger partial charge in [-0.1, -0.05) is 0 Å². The van der Waals surface area contributed by atoms with Gasteiger partial charge in [0.1, 0.15) is 11.6 Å². The molecule has 3 N–H and O–H groups in total. The van der Waals surface area contributed by atoms with Crippen molar-refractivity contribution in [2.75, 3.05) is 21.3 Å². The summed E-state index contributed by atoms with van der Waals surface area (Å²) in [6.45, 7) is 1.97. The standard InChI is InChI=1S/C15H19N3O4/c1-9(11(7-16)15(17)19)18-8-10-5-12(20-2)14(22-4)13(6-10)21-3/h5-6,18H,8H2,1-4H3,(H2,17,19). The first-order valence-electron chi connectivity index (χ1n) is 6.42. The number of nitriles is 1. The van der Waals surface area contributed by atoms with Gasteiger partial charge in [0.15, 0.2) is 11.5 Å². The molecule has 1 rings (SSSR count). The van der Waals surface area contributed by atoms with Gasteiger partial charge in [0.25, 0.3) is 5.91 Å². The molecule has 0 heterocycles. The fourth-order valence-electron chi connectivity index (χ4n) is 1.88. The van der Waals surface area contributed by atoms with Crippen LogP contribution in [0.4, 0.5) is 0 Å². The van der Waals surface area contributed by atoms with Gasteiger partial charge < -0.3 is 25.3 Å². The number of benzene rings is 1. The van der Waals surface area contributed by atoms with Crippen LogP contribution in [0.2, 0.25) is 0 Å². The third kappa shape index (κ3) is 3.82. The molecule has 7 nitrogen and oxygen atoms in total. The second-order valence-corrected chi connectivity index (χ2v) is 4.36. The maximum absolute atomic E-state index is 11.1. The minimum Gasteiger partial charge on any atom is -0.493 e. The van der Waals surface area contributed by atoms with Crippen molar-refractivity contribution in [3.63, 3.8) is 0 Å². The number of nitrogens with one attached hydrogen (secondary N) is 1. The van der Waals surface area contributed by atoms with Gasteiger partial charge in [0.2, 0.25) is 5.75 Å². The van der Waals surface area contributed by atoms with Crippen molar-refractivity contribution in [1.29, 1.82) is 5.26 Å². The molecule has 0 radical (unpaired) electrons. The van der Waals surface area contributed by atoms with Gasteiger partial charge in [-0.25, -0.2) is 0 Å². The summed E-state index contributed by atoms with van der Waals surface area (Å²) >= 11 is 0. The van der Waals surface area contributed by atoms with Gasteiger partial charge in [-0.05, 0) is 24.6 Å². The molecule has 0 atom stereocenters. The molecule has 0 saturated carbocycles. The van der Waals surface area contributed by atoms with Gasteiger partial charge in [-0.15, -0.1) is 0 Å². The molecule has 0 aromatic heterocycles. The number of carbonyl (C=O) groups is 1. The molecule has 0 unspecified atom stereocenters. The van der Waals surface area contributed by atoms with E-state index in [-0.39, 0.29) is 5.57 Å². The second-order valence-electron chi connectivity index (χ2n) is 4.36. The quantitative estimate of drug-likeness (QED) is 0.577. The van der Waals surface area contributed by atoms with Crippen LogP contribution in [0.15, 0.2) is 23.4 Å².